The first-order chi connectivity index (χ1) is 10.4. The SMILES string of the molecule is Cc1cc(C#N)cc(C)c1CN1CC2(CCOCC2)S1(=O)=O. The molecule has 0 N–H and O–H groups in total. The molecule has 2 heterocycles. The number of benzene rings is 1. The van der Waals surface area contributed by atoms with E-state index >= 15 is 0 Å². The van der Waals surface area contributed by atoms with Gasteiger partial charge in [-0.15, -0.1) is 0 Å². The Balaban J connectivity index is 1.83. The van der Waals surface area contributed by atoms with Crippen LogP contribution in [-0.4, -0.2) is 37.2 Å². The van der Waals surface area contributed by atoms with E-state index in [9.17, 15) is 8.42 Å². The van der Waals surface area contributed by atoms with E-state index in [1.807, 2.05) is 26.0 Å². The first-order valence-electron chi connectivity index (χ1n) is 7.47. The summed E-state index contributed by atoms with van der Waals surface area (Å²) in [5.41, 5.74) is 3.56. The molecule has 1 aromatic carbocycles. The minimum Gasteiger partial charge on any atom is -0.381 e. The molecule has 2 saturated heterocycles. The monoisotopic (exact) mass is 320 g/mol. The Morgan fingerprint density at radius 1 is 1.27 bits per heavy atom. The molecule has 0 aromatic heterocycles. The third kappa shape index (κ3) is 2.24. The number of rotatable bonds is 2. The van der Waals surface area contributed by atoms with Gasteiger partial charge in [0.2, 0.25) is 10.0 Å². The first-order valence-corrected chi connectivity index (χ1v) is 8.91. The van der Waals surface area contributed by atoms with Gasteiger partial charge in [-0.3, -0.25) is 0 Å². The highest BCUT2D eigenvalue weighted by Crippen LogP contribution is 2.42. The van der Waals surface area contributed by atoms with Crippen LogP contribution in [0, 0.1) is 25.2 Å². The highest BCUT2D eigenvalue weighted by atomic mass is 32.2. The van der Waals surface area contributed by atoms with Gasteiger partial charge in [0.25, 0.3) is 0 Å². The van der Waals surface area contributed by atoms with Crippen LogP contribution >= 0.6 is 0 Å². The van der Waals surface area contributed by atoms with Gasteiger partial charge in [0.05, 0.1) is 11.6 Å². The van der Waals surface area contributed by atoms with Crippen molar-refractivity contribution in [3.8, 4) is 6.07 Å². The zero-order chi connectivity index (χ0) is 16.0. The van der Waals surface area contributed by atoms with E-state index in [1.54, 1.807) is 4.31 Å². The van der Waals surface area contributed by atoms with Gasteiger partial charge in [-0.1, -0.05) is 0 Å². The second kappa shape index (κ2) is 5.34. The summed E-state index contributed by atoms with van der Waals surface area (Å²) in [5.74, 6) is 0. The molecule has 22 heavy (non-hydrogen) atoms. The van der Waals surface area contributed by atoms with Crippen molar-refractivity contribution in [2.75, 3.05) is 19.8 Å². The van der Waals surface area contributed by atoms with Gasteiger partial charge in [-0.2, -0.15) is 9.57 Å². The van der Waals surface area contributed by atoms with Crippen LogP contribution in [-0.2, 0) is 21.3 Å². The fourth-order valence-electron chi connectivity index (χ4n) is 3.48. The molecule has 1 spiro atoms. The Morgan fingerprint density at radius 3 is 2.36 bits per heavy atom. The average Bonchev–Trinajstić information content (AvgIpc) is 2.50. The zero-order valence-electron chi connectivity index (χ0n) is 12.9. The van der Waals surface area contributed by atoms with Crippen LogP contribution in [0.25, 0.3) is 0 Å². The largest absolute Gasteiger partial charge is 0.381 e. The summed E-state index contributed by atoms with van der Waals surface area (Å²) in [6, 6.07) is 5.77. The molecular formula is C16H20N2O3S. The van der Waals surface area contributed by atoms with Gasteiger partial charge in [-0.25, -0.2) is 8.42 Å². The van der Waals surface area contributed by atoms with Crippen LogP contribution < -0.4 is 0 Å². The van der Waals surface area contributed by atoms with E-state index in [-0.39, 0.29) is 0 Å². The van der Waals surface area contributed by atoms with E-state index in [1.165, 1.54) is 0 Å². The van der Waals surface area contributed by atoms with Crippen molar-refractivity contribution in [1.82, 2.24) is 4.31 Å². The lowest BCUT2D eigenvalue weighted by Crippen LogP contribution is -2.66. The lowest BCUT2D eigenvalue weighted by molar-refractivity contribution is 0.0543. The van der Waals surface area contributed by atoms with E-state index < -0.39 is 14.8 Å². The predicted molar refractivity (Wildman–Crippen MR) is 82.7 cm³/mol. The van der Waals surface area contributed by atoms with Crippen LogP contribution in [0.15, 0.2) is 12.1 Å². The Labute approximate surface area is 131 Å². The number of hydrogen-bond acceptors (Lipinski definition) is 4. The standard InChI is InChI=1S/C16H20N2O3S/c1-12-7-14(9-17)8-13(2)15(12)10-18-11-16(22(18,19)20)3-5-21-6-4-16/h7-8H,3-6,10-11H2,1-2H3. The molecule has 0 aliphatic carbocycles. The molecule has 0 unspecified atom stereocenters. The minimum atomic E-state index is -3.24. The van der Waals surface area contributed by atoms with Crippen LogP contribution in [0.5, 0.6) is 0 Å². The maximum Gasteiger partial charge on any atom is 0.221 e. The molecule has 0 bridgehead atoms. The summed E-state index contributed by atoms with van der Waals surface area (Å²) in [4.78, 5) is 0. The lowest BCUT2D eigenvalue weighted by Gasteiger charge is -2.50. The molecule has 0 amide bonds. The van der Waals surface area contributed by atoms with E-state index in [0.29, 0.717) is 44.7 Å². The smallest absolute Gasteiger partial charge is 0.221 e. The Kier molecular flexibility index (Phi) is 3.76. The Hall–Kier alpha value is -1.42. The molecule has 0 atom stereocenters. The summed E-state index contributed by atoms with van der Waals surface area (Å²) in [7, 11) is -3.24. The number of sulfonamides is 1. The molecule has 118 valence electrons. The summed E-state index contributed by atoms with van der Waals surface area (Å²) in [5, 5.41) is 9.00. The number of nitriles is 1. The van der Waals surface area contributed by atoms with Crippen molar-refractivity contribution in [3.05, 3.63) is 34.4 Å². The molecule has 1 aromatic rings. The van der Waals surface area contributed by atoms with Crippen LogP contribution in [0.3, 0.4) is 0 Å². The van der Waals surface area contributed by atoms with Crippen LogP contribution in [0.4, 0.5) is 0 Å². The topological polar surface area (TPSA) is 70.4 Å². The number of nitrogens with zero attached hydrogens (tertiary/aromatic N) is 2. The fourth-order valence-corrected chi connectivity index (χ4v) is 5.53. The molecule has 2 aliphatic heterocycles. The lowest BCUT2D eigenvalue weighted by atomic mass is 9.96. The normalized spacial score (nSPS) is 23.0. The van der Waals surface area contributed by atoms with E-state index in [0.717, 1.165) is 16.7 Å². The summed E-state index contributed by atoms with van der Waals surface area (Å²) >= 11 is 0. The fraction of sp³-hybridized carbons (Fsp3) is 0.562. The van der Waals surface area contributed by atoms with Crippen molar-refractivity contribution in [2.24, 2.45) is 0 Å². The second-order valence-corrected chi connectivity index (χ2v) is 8.60. The summed E-state index contributed by atoms with van der Waals surface area (Å²) in [6.07, 6.45) is 1.19. The average molecular weight is 320 g/mol. The third-order valence-electron chi connectivity index (χ3n) is 4.92. The third-order valence-corrected chi connectivity index (χ3v) is 7.49. The zero-order valence-corrected chi connectivity index (χ0v) is 13.7. The summed E-state index contributed by atoms with van der Waals surface area (Å²) in [6.45, 7) is 5.90. The Bertz CT molecular complexity index is 720. The van der Waals surface area contributed by atoms with Gasteiger partial charge < -0.3 is 4.74 Å². The van der Waals surface area contributed by atoms with Gasteiger partial charge in [0.15, 0.2) is 0 Å². The van der Waals surface area contributed by atoms with Crippen molar-refractivity contribution in [3.63, 3.8) is 0 Å². The predicted octanol–water partition coefficient (Wildman–Crippen LogP) is 1.87. The van der Waals surface area contributed by atoms with Gasteiger partial charge in [0, 0.05) is 26.3 Å². The van der Waals surface area contributed by atoms with Gasteiger partial charge in [0.1, 0.15) is 4.75 Å². The number of hydrogen-bond donors (Lipinski definition) is 0. The van der Waals surface area contributed by atoms with Crippen molar-refractivity contribution >= 4 is 10.0 Å². The van der Waals surface area contributed by atoms with Crippen LogP contribution in [0.2, 0.25) is 0 Å². The van der Waals surface area contributed by atoms with Gasteiger partial charge in [-0.05, 0) is 55.5 Å². The summed E-state index contributed by atoms with van der Waals surface area (Å²) < 4.78 is 31.7. The number of ether oxygens (including phenoxy) is 1. The maximum atomic E-state index is 12.7. The van der Waals surface area contributed by atoms with E-state index in [4.69, 9.17) is 10.00 Å². The molecule has 0 radical (unpaired) electrons. The molecule has 2 aliphatic rings. The molecular weight excluding hydrogens is 300 g/mol. The van der Waals surface area contributed by atoms with Crippen molar-refractivity contribution < 1.29 is 13.2 Å². The highest BCUT2D eigenvalue weighted by molar-refractivity contribution is 7.91. The molecule has 6 heteroatoms. The van der Waals surface area contributed by atoms with Crippen LogP contribution in [0.1, 0.15) is 35.1 Å². The minimum absolute atomic E-state index is 0.397. The van der Waals surface area contributed by atoms with Gasteiger partial charge >= 0.3 is 0 Å². The molecule has 5 nitrogen and oxygen atoms in total. The quantitative estimate of drug-likeness (QED) is 0.834. The van der Waals surface area contributed by atoms with E-state index in [2.05, 4.69) is 6.07 Å². The molecule has 0 saturated carbocycles. The molecule has 2 fully saturated rings. The maximum absolute atomic E-state index is 12.7. The Morgan fingerprint density at radius 2 is 1.86 bits per heavy atom. The number of aryl methyl sites for hydroxylation is 2. The first kappa shape index (κ1) is 15.5. The van der Waals surface area contributed by atoms with Crippen molar-refractivity contribution in [2.45, 2.75) is 38.0 Å². The van der Waals surface area contributed by atoms with Crippen molar-refractivity contribution in [1.29, 1.82) is 5.26 Å². The molecule has 3 rings (SSSR count). The second-order valence-electron chi connectivity index (χ2n) is 6.27. The highest BCUT2D eigenvalue weighted by Gasteiger charge is 2.58.